The smallest absolute Gasteiger partial charge is 0.317 e. The van der Waals surface area contributed by atoms with Gasteiger partial charge < -0.3 is 24.1 Å². The summed E-state index contributed by atoms with van der Waals surface area (Å²) >= 11 is 0. The third kappa shape index (κ3) is 3.56. The van der Waals surface area contributed by atoms with Crippen molar-refractivity contribution in [1.29, 1.82) is 0 Å². The van der Waals surface area contributed by atoms with Crippen LogP contribution in [0.15, 0.2) is 18.2 Å². The van der Waals surface area contributed by atoms with Crippen LogP contribution in [0.3, 0.4) is 0 Å². The van der Waals surface area contributed by atoms with Crippen LogP contribution in [-0.4, -0.2) is 48.4 Å². The minimum atomic E-state index is -1.67. The Labute approximate surface area is 162 Å². The SMILES string of the molecule is CCOC(=O)[C@@H]1C(=O)C[C@](C)(O)[C@H](C(=O)OCC)[C@H]1c1ccc2c(c1)OCO2. The lowest BCUT2D eigenvalue weighted by Gasteiger charge is -2.43. The zero-order chi connectivity index (χ0) is 20.5. The van der Waals surface area contributed by atoms with Crippen molar-refractivity contribution in [2.24, 2.45) is 11.8 Å². The van der Waals surface area contributed by atoms with E-state index in [4.69, 9.17) is 18.9 Å². The Hall–Kier alpha value is -2.61. The van der Waals surface area contributed by atoms with Gasteiger partial charge in [0.05, 0.1) is 24.7 Å². The van der Waals surface area contributed by atoms with Crippen LogP contribution in [0.5, 0.6) is 11.5 Å². The highest BCUT2D eigenvalue weighted by Crippen LogP contribution is 2.48. The van der Waals surface area contributed by atoms with Crippen molar-refractivity contribution in [3.8, 4) is 11.5 Å². The molecule has 1 aliphatic carbocycles. The number of Topliss-reactive ketones (excluding diaryl/α,β-unsaturated/α-hetero) is 1. The quantitative estimate of drug-likeness (QED) is 0.594. The van der Waals surface area contributed by atoms with Crippen LogP contribution in [0, 0.1) is 11.8 Å². The molecule has 0 unspecified atom stereocenters. The van der Waals surface area contributed by atoms with Gasteiger partial charge in [0, 0.05) is 12.3 Å². The average molecular weight is 392 g/mol. The first-order valence-corrected chi connectivity index (χ1v) is 9.28. The van der Waals surface area contributed by atoms with E-state index in [1.165, 1.54) is 6.92 Å². The number of hydrogen-bond donors (Lipinski definition) is 1. The predicted molar refractivity (Wildman–Crippen MR) is 95.8 cm³/mol. The molecule has 0 bridgehead atoms. The Morgan fingerprint density at radius 1 is 1.14 bits per heavy atom. The molecule has 1 aromatic carbocycles. The largest absolute Gasteiger partial charge is 0.466 e. The Balaban J connectivity index is 2.12. The fourth-order valence-electron chi connectivity index (χ4n) is 4.00. The van der Waals surface area contributed by atoms with Crippen molar-refractivity contribution in [1.82, 2.24) is 0 Å². The molecule has 28 heavy (non-hydrogen) atoms. The summed E-state index contributed by atoms with van der Waals surface area (Å²) in [6.07, 6.45) is -0.346. The van der Waals surface area contributed by atoms with Gasteiger partial charge in [-0.25, -0.2) is 0 Å². The van der Waals surface area contributed by atoms with Gasteiger partial charge >= 0.3 is 11.9 Å². The summed E-state index contributed by atoms with van der Waals surface area (Å²) < 4.78 is 21.0. The van der Waals surface area contributed by atoms with Gasteiger partial charge in [0.15, 0.2) is 17.3 Å². The number of ether oxygens (including phenoxy) is 4. The molecule has 1 aromatic rings. The number of rotatable bonds is 5. The van der Waals surface area contributed by atoms with E-state index in [1.54, 1.807) is 32.0 Å². The Morgan fingerprint density at radius 3 is 2.46 bits per heavy atom. The molecule has 4 atom stereocenters. The van der Waals surface area contributed by atoms with Crippen molar-refractivity contribution in [2.45, 2.75) is 38.7 Å². The minimum Gasteiger partial charge on any atom is -0.466 e. The van der Waals surface area contributed by atoms with Gasteiger partial charge in [-0.1, -0.05) is 6.07 Å². The van der Waals surface area contributed by atoms with Gasteiger partial charge in [-0.05, 0) is 38.5 Å². The summed E-state index contributed by atoms with van der Waals surface area (Å²) in [4.78, 5) is 38.2. The fourth-order valence-corrected chi connectivity index (χ4v) is 4.00. The lowest BCUT2D eigenvalue weighted by Crippen LogP contribution is -2.55. The van der Waals surface area contributed by atoms with E-state index in [-0.39, 0.29) is 26.4 Å². The number of aliphatic hydroxyl groups is 1. The Kier molecular flexibility index (Phi) is 5.60. The van der Waals surface area contributed by atoms with Crippen LogP contribution >= 0.6 is 0 Å². The number of fused-ring (bicyclic) bond motifs is 1. The van der Waals surface area contributed by atoms with Gasteiger partial charge in [0.25, 0.3) is 0 Å². The van der Waals surface area contributed by atoms with Crippen LogP contribution in [0.4, 0.5) is 0 Å². The minimum absolute atomic E-state index is 0.0582. The molecule has 0 radical (unpaired) electrons. The summed E-state index contributed by atoms with van der Waals surface area (Å²) in [5, 5.41) is 10.9. The second kappa shape index (κ2) is 7.79. The van der Waals surface area contributed by atoms with E-state index in [0.29, 0.717) is 17.1 Å². The topological polar surface area (TPSA) is 108 Å². The van der Waals surface area contributed by atoms with Crippen molar-refractivity contribution < 1.29 is 38.4 Å². The molecular formula is C20H24O8. The lowest BCUT2D eigenvalue weighted by atomic mass is 9.61. The summed E-state index contributed by atoms with van der Waals surface area (Å²) in [6, 6.07) is 4.93. The van der Waals surface area contributed by atoms with Gasteiger partial charge in [-0.2, -0.15) is 0 Å². The van der Waals surface area contributed by atoms with Crippen molar-refractivity contribution >= 4 is 17.7 Å². The molecule has 1 fully saturated rings. The first kappa shape index (κ1) is 20.1. The second-order valence-corrected chi connectivity index (χ2v) is 7.10. The Morgan fingerprint density at radius 2 is 1.79 bits per heavy atom. The molecule has 0 amide bonds. The maximum Gasteiger partial charge on any atom is 0.317 e. The molecule has 0 saturated heterocycles. The van der Waals surface area contributed by atoms with E-state index in [0.717, 1.165) is 0 Å². The monoisotopic (exact) mass is 392 g/mol. The summed E-state index contributed by atoms with van der Waals surface area (Å²) in [5.41, 5.74) is -1.18. The molecule has 0 aromatic heterocycles. The van der Waals surface area contributed by atoms with E-state index >= 15 is 0 Å². The predicted octanol–water partition coefficient (Wildman–Crippen LogP) is 1.58. The maximum absolute atomic E-state index is 12.8. The fraction of sp³-hybridized carbons (Fsp3) is 0.550. The standard InChI is InChI=1S/C20H24O8/c1-4-25-18(22)16-12(21)9-20(3,24)17(19(23)26-5-2)15(16)11-6-7-13-14(8-11)28-10-27-13/h6-8,15-17,24H,4-5,9-10H2,1-3H3/t15-,16+,17-,20-/m0/s1. The van der Waals surface area contributed by atoms with Crippen LogP contribution in [0.2, 0.25) is 0 Å². The average Bonchev–Trinajstić information content (AvgIpc) is 3.08. The molecule has 1 heterocycles. The van der Waals surface area contributed by atoms with E-state index in [9.17, 15) is 19.5 Å². The molecule has 2 aliphatic rings. The maximum atomic E-state index is 12.8. The highest BCUT2D eigenvalue weighted by atomic mass is 16.7. The van der Waals surface area contributed by atoms with Gasteiger partial charge in [0.1, 0.15) is 5.92 Å². The third-order valence-electron chi connectivity index (χ3n) is 5.13. The number of esters is 2. The summed E-state index contributed by atoms with van der Waals surface area (Å²) in [6.45, 7) is 4.96. The van der Waals surface area contributed by atoms with Crippen molar-refractivity contribution in [2.75, 3.05) is 20.0 Å². The first-order chi connectivity index (χ1) is 13.3. The van der Waals surface area contributed by atoms with E-state index in [2.05, 4.69) is 0 Å². The molecule has 152 valence electrons. The number of benzene rings is 1. The molecule has 1 saturated carbocycles. The molecule has 8 nitrogen and oxygen atoms in total. The molecule has 3 rings (SSSR count). The first-order valence-electron chi connectivity index (χ1n) is 9.28. The molecule has 8 heteroatoms. The Bertz CT molecular complexity index is 784. The third-order valence-corrected chi connectivity index (χ3v) is 5.13. The molecule has 1 N–H and O–H groups in total. The van der Waals surface area contributed by atoms with Crippen molar-refractivity contribution in [3.63, 3.8) is 0 Å². The molecular weight excluding hydrogens is 368 g/mol. The van der Waals surface area contributed by atoms with Crippen LogP contribution < -0.4 is 9.47 Å². The van der Waals surface area contributed by atoms with Crippen LogP contribution in [0.1, 0.15) is 38.7 Å². The van der Waals surface area contributed by atoms with Gasteiger partial charge in [-0.15, -0.1) is 0 Å². The zero-order valence-corrected chi connectivity index (χ0v) is 16.1. The molecule has 1 aliphatic heterocycles. The number of carbonyl (C=O) groups excluding carboxylic acids is 3. The highest BCUT2D eigenvalue weighted by molar-refractivity contribution is 6.02. The van der Waals surface area contributed by atoms with Crippen LogP contribution in [0.25, 0.3) is 0 Å². The van der Waals surface area contributed by atoms with E-state index < -0.39 is 41.1 Å². The van der Waals surface area contributed by atoms with Crippen LogP contribution in [-0.2, 0) is 23.9 Å². The van der Waals surface area contributed by atoms with Gasteiger partial charge in [-0.3, -0.25) is 14.4 Å². The molecule has 0 spiro atoms. The number of ketones is 1. The zero-order valence-electron chi connectivity index (χ0n) is 16.1. The van der Waals surface area contributed by atoms with Gasteiger partial charge in [0.2, 0.25) is 6.79 Å². The summed E-state index contributed by atoms with van der Waals surface area (Å²) in [7, 11) is 0. The number of carbonyl (C=O) groups is 3. The lowest BCUT2D eigenvalue weighted by molar-refractivity contribution is -0.172. The second-order valence-electron chi connectivity index (χ2n) is 7.10. The summed E-state index contributed by atoms with van der Waals surface area (Å²) in [5.74, 6) is -4.21. The normalized spacial score (nSPS) is 28.7. The van der Waals surface area contributed by atoms with Crippen molar-refractivity contribution in [3.05, 3.63) is 23.8 Å². The highest BCUT2D eigenvalue weighted by Gasteiger charge is 2.57. The van der Waals surface area contributed by atoms with E-state index in [1.807, 2.05) is 0 Å². The number of hydrogen-bond acceptors (Lipinski definition) is 8.